The van der Waals surface area contributed by atoms with Gasteiger partial charge in [-0.25, -0.2) is 0 Å². The van der Waals surface area contributed by atoms with Crippen LogP contribution < -0.4 is 15.4 Å². The summed E-state index contributed by atoms with van der Waals surface area (Å²) >= 11 is 0. The molecule has 1 unspecified atom stereocenters. The number of carbonyl (C=O) groups excluding carboxylic acids is 2. The number of amides is 2. The smallest absolute Gasteiger partial charge is 0.265 e. The minimum Gasteiger partial charge on any atom is -0.481 e. The van der Waals surface area contributed by atoms with E-state index in [0.717, 1.165) is 17.5 Å². The zero-order valence-corrected chi connectivity index (χ0v) is 17.2. The summed E-state index contributed by atoms with van der Waals surface area (Å²) in [7, 11) is 0. The van der Waals surface area contributed by atoms with E-state index in [1.807, 2.05) is 61.5 Å². The third-order valence-electron chi connectivity index (χ3n) is 4.59. The Balaban J connectivity index is 1.55. The molecule has 0 radical (unpaired) electrons. The van der Waals surface area contributed by atoms with E-state index >= 15 is 0 Å². The van der Waals surface area contributed by atoms with Gasteiger partial charge in [-0.3, -0.25) is 9.59 Å². The van der Waals surface area contributed by atoms with E-state index in [1.54, 1.807) is 31.2 Å². The van der Waals surface area contributed by atoms with Crippen molar-refractivity contribution >= 4 is 17.5 Å². The molecular formula is C25H26N2O3. The van der Waals surface area contributed by atoms with Gasteiger partial charge in [0.15, 0.2) is 6.10 Å². The molecule has 0 saturated heterocycles. The molecule has 30 heavy (non-hydrogen) atoms. The monoisotopic (exact) mass is 402 g/mol. The highest BCUT2D eigenvalue weighted by molar-refractivity contribution is 5.96. The Labute approximate surface area is 177 Å². The Bertz CT molecular complexity index is 968. The summed E-state index contributed by atoms with van der Waals surface area (Å²) < 4.78 is 5.77. The van der Waals surface area contributed by atoms with Crippen LogP contribution in [0.15, 0.2) is 78.9 Å². The molecule has 5 nitrogen and oxygen atoms in total. The average Bonchev–Trinajstić information content (AvgIpc) is 2.79. The molecular weight excluding hydrogens is 376 g/mol. The quantitative estimate of drug-likeness (QED) is 0.563. The van der Waals surface area contributed by atoms with Crippen LogP contribution in [0, 0.1) is 0 Å². The fourth-order valence-corrected chi connectivity index (χ4v) is 2.90. The Morgan fingerprint density at radius 2 is 1.50 bits per heavy atom. The van der Waals surface area contributed by atoms with Crippen molar-refractivity contribution in [1.82, 2.24) is 5.32 Å². The molecule has 3 rings (SSSR count). The highest BCUT2D eigenvalue weighted by atomic mass is 16.5. The van der Waals surface area contributed by atoms with E-state index in [9.17, 15) is 9.59 Å². The van der Waals surface area contributed by atoms with Crippen LogP contribution in [0.25, 0.3) is 11.1 Å². The number of ether oxygens (including phenoxy) is 1. The first-order valence-corrected chi connectivity index (χ1v) is 10.1. The molecule has 0 saturated carbocycles. The second-order valence-electron chi connectivity index (χ2n) is 6.97. The summed E-state index contributed by atoms with van der Waals surface area (Å²) in [5, 5.41) is 5.64. The van der Waals surface area contributed by atoms with Crippen molar-refractivity contribution in [1.29, 1.82) is 0 Å². The molecule has 0 fully saturated rings. The second kappa shape index (κ2) is 10.3. The van der Waals surface area contributed by atoms with Gasteiger partial charge in [0.2, 0.25) is 0 Å². The molecule has 0 aliphatic carbocycles. The van der Waals surface area contributed by atoms with Crippen molar-refractivity contribution < 1.29 is 14.3 Å². The average molecular weight is 402 g/mol. The van der Waals surface area contributed by atoms with Gasteiger partial charge < -0.3 is 15.4 Å². The van der Waals surface area contributed by atoms with Gasteiger partial charge >= 0.3 is 0 Å². The van der Waals surface area contributed by atoms with E-state index in [-0.39, 0.29) is 11.8 Å². The lowest BCUT2D eigenvalue weighted by atomic mass is 10.1. The van der Waals surface area contributed by atoms with E-state index in [1.165, 1.54) is 0 Å². The van der Waals surface area contributed by atoms with Gasteiger partial charge in [0, 0.05) is 17.8 Å². The van der Waals surface area contributed by atoms with Crippen LogP contribution >= 0.6 is 0 Å². The molecule has 154 valence electrons. The zero-order valence-electron chi connectivity index (χ0n) is 17.2. The molecule has 0 aromatic heterocycles. The van der Waals surface area contributed by atoms with Gasteiger partial charge in [0.05, 0.1) is 0 Å². The molecule has 0 spiro atoms. The van der Waals surface area contributed by atoms with E-state index < -0.39 is 6.10 Å². The van der Waals surface area contributed by atoms with Crippen LogP contribution in [0.2, 0.25) is 0 Å². The maximum atomic E-state index is 12.4. The number of rotatable bonds is 8. The topological polar surface area (TPSA) is 67.4 Å². The Morgan fingerprint density at radius 3 is 2.13 bits per heavy atom. The van der Waals surface area contributed by atoms with Crippen LogP contribution in [0.1, 0.15) is 30.6 Å². The number of anilines is 1. The van der Waals surface area contributed by atoms with Gasteiger partial charge in [-0.05, 0) is 60.9 Å². The lowest BCUT2D eigenvalue weighted by Crippen LogP contribution is -2.30. The van der Waals surface area contributed by atoms with Crippen molar-refractivity contribution in [2.45, 2.75) is 26.4 Å². The first-order chi connectivity index (χ1) is 14.6. The maximum Gasteiger partial charge on any atom is 0.265 e. The molecule has 0 aliphatic rings. The second-order valence-corrected chi connectivity index (χ2v) is 6.97. The number of nitrogens with one attached hydrogen (secondary N) is 2. The fourth-order valence-electron chi connectivity index (χ4n) is 2.90. The lowest BCUT2D eigenvalue weighted by molar-refractivity contribution is -0.122. The third-order valence-corrected chi connectivity index (χ3v) is 4.59. The van der Waals surface area contributed by atoms with Gasteiger partial charge in [0.1, 0.15) is 5.75 Å². The van der Waals surface area contributed by atoms with Crippen LogP contribution in [0.4, 0.5) is 5.69 Å². The summed E-state index contributed by atoms with van der Waals surface area (Å²) in [5.41, 5.74) is 3.39. The van der Waals surface area contributed by atoms with Crippen LogP contribution in [0.3, 0.4) is 0 Å². The Kier molecular flexibility index (Phi) is 7.22. The normalized spacial score (nSPS) is 11.4. The van der Waals surface area contributed by atoms with Crippen LogP contribution in [-0.2, 0) is 4.79 Å². The summed E-state index contributed by atoms with van der Waals surface area (Å²) in [5.74, 6) is 0.246. The molecule has 0 heterocycles. The van der Waals surface area contributed by atoms with Crippen molar-refractivity contribution in [3.63, 3.8) is 0 Å². The summed E-state index contributed by atoms with van der Waals surface area (Å²) in [6, 6.07) is 24.5. The van der Waals surface area contributed by atoms with Gasteiger partial charge in [0.25, 0.3) is 11.8 Å². The summed E-state index contributed by atoms with van der Waals surface area (Å²) in [4.78, 5) is 24.4. The minimum atomic E-state index is -0.667. The minimum absolute atomic E-state index is 0.120. The highest BCUT2D eigenvalue weighted by Gasteiger charge is 2.15. The van der Waals surface area contributed by atoms with Gasteiger partial charge in [-0.1, -0.05) is 49.4 Å². The number of carbonyl (C=O) groups is 2. The molecule has 2 N–H and O–H groups in total. The largest absolute Gasteiger partial charge is 0.481 e. The van der Waals surface area contributed by atoms with Gasteiger partial charge in [-0.15, -0.1) is 0 Å². The first-order valence-electron chi connectivity index (χ1n) is 10.1. The van der Waals surface area contributed by atoms with E-state index in [0.29, 0.717) is 23.5 Å². The predicted molar refractivity (Wildman–Crippen MR) is 120 cm³/mol. The molecule has 0 aliphatic heterocycles. The van der Waals surface area contributed by atoms with Crippen molar-refractivity contribution in [3.8, 4) is 16.9 Å². The Hall–Kier alpha value is -3.60. The van der Waals surface area contributed by atoms with Gasteiger partial charge in [-0.2, -0.15) is 0 Å². The van der Waals surface area contributed by atoms with E-state index in [2.05, 4.69) is 10.6 Å². The molecule has 0 bridgehead atoms. The molecule has 1 atom stereocenters. The molecule has 3 aromatic rings. The van der Waals surface area contributed by atoms with Crippen molar-refractivity contribution in [2.75, 3.05) is 11.9 Å². The van der Waals surface area contributed by atoms with Crippen molar-refractivity contribution in [2.24, 2.45) is 0 Å². The zero-order chi connectivity index (χ0) is 21.3. The number of hydrogen-bond donors (Lipinski definition) is 2. The first kappa shape index (κ1) is 21.1. The van der Waals surface area contributed by atoms with E-state index in [4.69, 9.17) is 4.74 Å². The lowest BCUT2D eigenvalue weighted by Gasteiger charge is -2.15. The molecule has 3 aromatic carbocycles. The maximum absolute atomic E-state index is 12.4. The third kappa shape index (κ3) is 5.70. The highest BCUT2D eigenvalue weighted by Crippen LogP contribution is 2.23. The van der Waals surface area contributed by atoms with Crippen molar-refractivity contribution in [3.05, 3.63) is 84.4 Å². The SMILES string of the molecule is CCCNC(=O)c1ccc(NC(=O)C(C)Oc2ccc(-c3ccccc3)cc2)cc1. The number of benzene rings is 3. The Morgan fingerprint density at radius 1 is 0.867 bits per heavy atom. The molecule has 5 heteroatoms. The molecule has 2 amide bonds. The van der Waals surface area contributed by atoms with Crippen LogP contribution in [0.5, 0.6) is 5.75 Å². The summed E-state index contributed by atoms with van der Waals surface area (Å²) in [6.45, 7) is 4.34. The standard InChI is InChI=1S/C25H26N2O3/c1-3-17-26-25(29)21-9-13-22(14-10-21)27-24(28)18(2)30-23-15-11-20(12-16-23)19-7-5-4-6-8-19/h4-16,18H,3,17H2,1-2H3,(H,26,29)(H,27,28). The van der Waals surface area contributed by atoms with Crippen LogP contribution in [-0.4, -0.2) is 24.5 Å². The summed E-state index contributed by atoms with van der Waals surface area (Å²) in [6.07, 6.45) is 0.215. The predicted octanol–water partition coefficient (Wildman–Crippen LogP) is 4.90. The fraction of sp³-hybridized carbons (Fsp3) is 0.200. The number of hydrogen-bond acceptors (Lipinski definition) is 3.